The smallest absolute Gasteiger partial charge is 0.342 e. The van der Waals surface area contributed by atoms with E-state index in [9.17, 15) is 18.0 Å². The van der Waals surface area contributed by atoms with E-state index in [1.54, 1.807) is 48.7 Å². The van der Waals surface area contributed by atoms with Crippen LogP contribution in [0.3, 0.4) is 0 Å². The molecule has 1 amide bonds. The number of hydrazone groups is 1. The Balaban J connectivity index is 1.59. The SMILES string of the molecule is N#Cc1ccc(Cn2cc(/C=C3\C(=O)N(c4ccccc4)N=C3C(F)(F)F)c3ccccc32)cc1. The Morgan fingerprint density at radius 2 is 1.63 bits per heavy atom. The van der Waals surface area contributed by atoms with Crippen LogP contribution >= 0.6 is 0 Å². The van der Waals surface area contributed by atoms with Crippen LogP contribution in [0.2, 0.25) is 0 Å². The van der Waals surface area contributed by atoms with Crippen LogP contribution in [0.5, 0.6) is 0 Å². The number of anilines is 1. The summed E-state index contributed by atoms with van der Waals surface area (Å²) in [5.41, 5.74) is 1.26. The van der Waals surface area contributed by atoms with E-state index in [2.05, 4.69) is 11.2 Å². The highest BCUT2D eigenvalue weighted by Gasteiger charge is 2.46. The number of carbonyl (C=O) groups excluding carboxylic acids is 1. The molecule has 4 aromatic rings. The molecule has 1 aliphatic rings. The molecule has 0 radical (unpaired) electrons. The summed E-state index contributed by atoms with van der Waals surface area (Å²) in [4.78, 5) is 13.1. The van der Waals surface area contributed by atoms with Gasteiger partial charge in [0.05, 0.1) is 22.9 Å². The van der Waals surface area contributed by atoms with Crippen LogP contribution in [0.4, 0.5) is 18.9 Å². The number of amides is 1. The van der Waals surface area contributed by atoms with Crippen molar-refractivity contribution in [1.29, 1.82) is 5.26 Å². The Morgan fingerprint density at radius 3 is 2.31 bits per heavy atom. The third-order valence-corrected chi connectivity index (χ3v) is 5.70. The van der Waals surface area contributed by atoms with Gasteiger partial charge in [0.25, 0.3) is 5.91 Å². The molecule has 1 aliphatic heterocycles. The van der Waals surface area contributed by atoms with E-state index in [4.69, 9.17) is 5.26 Å². The van der Waals surface area contributed by atoms with Crippen molar-refractivity contribution >= 4 is 34.3 Å². The lowest BCUT2D eigenvalue weighted by Crippen LogP contribution is -2.25. The maximum atomic E-state index is 13.9. The van der Waals surface area contributed by atoms with Gasteiger partial charge in [0.15, 0.2) is 5.71 Å². The first kappa shape index (κ1) is 22.2. The average Bonchev–Trinajstić information content (AvgIpc) is 3.38. The minimum atomic E-state index is -4.80. The van der Waals surface area contributed by atoms with Crippen molar-refractivity contribution in [2.75, 3.05) is 5.01 Å². The van der Waals surface area contributed by atoms with Crippen molar-refractivity contribution in [2.45, 2.75) is 12.7 Å². The largest absolute Gasteiger partial charge is 0.435 e. The molecule has 35 heavy (non-hydrogen) atoms. The van der Waals surface area contributed by atoms with E-state index in [1.807, 2.05) is 28.8 Å². The number of fused-ring (bicyclic) bond motifs is 1. The second-order valence-electron chi connectivity index (χ2n) is 8.00. The predicted molar refractivity (Wildman–Crippen MR) is 128 cm³/mol. The summed E-state index contributed by atoms with van der Waals surface area (Å²) in [7, 11) is 0. The van der Waals surface area contributed by atoms with Crippen molar-refractivity contribution in [2.24, 2.45) is 5.10 Å². The average molecular weight is 470 g/mol. The first-order valence-electron chi connectivity index (χ1n) is 10.7. The first-order valence-corrected chi connectivity index (χ1v) is 10.7. The molecule has 5 nitrogen and oxygen atoms in total. The minimum absolute atomic E-state index is 0.255. The van der Waals surface area contributed by atoms with Crippen LogP contribution in [-0.4, -0.2) is 22.4 Å². The molecule has 0 aliphatic carbocycles. The van der Waals surface area contributed by atoms with Gasteiger partial charge in [0, 0.05) is 29.2 Å². The molecule has 0 bridgehead atoms. The van der Waals surface area contributed by atoms with Gasteiger partial charge < -0.3 is 4.57 Å². The molecule has 8 heteroatoms. The Kier molecular flexibility index (Phi) is 5.46. The van der Waals surface area contributed by atoms with Crippen LogP contribution in [0, 0.1) is 11.3 Å². The third-order valence-electron chi connectivity index (χ3n) is 5.70. The first-order chi connectivity index (χ1) is 16.8. The van der Waals surface area contributed by atoms with E-state index in [-0.39, 0.29) is 5.69 Å². The van der Waals surface area contributed by atoms with Gasteiger partial charge >= 0.3 is 6.18 Å². The second kappa shape index (κ2) is 8.61. The number of nitriles is 1. The molecule has 0 fully saturated rings. The summed E-state index contributed by atoms with van der Waals surface area (Å²) in [6.45, 7) is 0.444. The Bertz CT molecular complexity index is 1520. The molecule has 0 saturated carbocycles. The number of para-hydroxylation sites is 2. The van der Waals surface area contributed by atoms with Gasteiger partial charge in [-0.25, -0.2) is 0 Å². The maximum absolute atomic E-state index is 13.9. The predicted octanol–water partition coefficient (Wildman–Crippen LogP) is 5.91. The monoisotopic (exact) mass is 470 g/mol. The van der Waals surface area contributed by atoms with E-state index < -0.39 is 23.4 Å². The van der Waals surface area contributed by atoms with Crippen molar-refractivity contribution in [3.63, 3.8) is 0 Å². The lowest BCUT2D eigenvalue weighted by Gasteiger charge is -2.10. The molecule has 1 aromatic heterocycles. The zero-order valence-electron chi connectivity index (χ0n) is 18.2. The molecule has 3 aromatic carbocycles. The quantitative estimate of drug-likeness (QED) is 0.348. The zero-order valence-corrected chi connectivity index (χ0v) is 18.2. The second-order valence-corrected chi connectivity index (χ2v) is 8.00. The highest BCUT2D eigenvalue weighted by molar-refractivity contribution is 6.34. The number of alkyl halides is 3. The number of rotatable bonds is 4. The number of hydrogen-bond donors (Lipinski definition) is 0. The van der Waals surface area contributed by atoms with Crippen LogP contribution in [0.15, 0.2) is 95.7 Å². The summed E-state index contributed by atoms with van der Waals surface area (Å²) in [6, 6.07) is 24.5. The summed E-state index contributed by atoms with van der Waals surface area (Å²) in [5.74, 6) is -0.840. The van der Waals surface area contributed by atoms with Crippen molar-refractivity contribution < 1.29 is 18.0 Å². The summed E-state index contributed by atoms with van der Waals surface area (Å²) < 4.78 is 43.5. The normalized spacial score (nSPS) is 15.0. The number of hydrogen-bond acceptors (Lipinski definition) is 3. The van der Waals surface area contributed by atoms with Crippen molar-refractivity contribution in [3.8, 4) is 6.07 Å². The molecular formula is C27H17F3N4O. The number of nitrogens with zero attached hydrogens (tertiary/aromatic N) is 4. The Hall–Kier alpha value is -4.64. The van der Waals surface area contributed by atoms with Gasteiger partial charge in [0.1, 0.15) is 0 Å². The fourth-order valence-corrected chi connectivity index (χ4v) is 4.06. The maximum Gasteiger partial charge on any atom is 0.435 e. The molecule has 5 rings (SSSR count). The summed E-state index contributed by atoms with van der Waals surface area (Å²) in [6.07, 6.45) is -1.82. The zero-order chi connectivity index (χ0) is 24.6. The fourth-order valence-electron chi connectivity index (χ4n) is 4.06. The van der Waals surface area contributed by atoms with Crippen molar-refractivity contribution in [1.82, 2.24) is 4.57 Å². The molecule has 2 heterocycles. The van der Waals surface area contributed by atoms with Gasteiger partial charge in [-0.1, -0.05) is 48.5 Å². The van der Waals surface area contributed by atoms with E-state index in [0.29, 0.717) is 23.1 Å². The van der Waals surface area contributed by atoms with Crippen LogP contribution in [0.1, 0.15) is 16.7 Å². The molecular weight excluding hydrogens is 453 g/mol. The number of carbonyl (C=O) groups is 1. The molecule has 0 saturated heterocycles. The standard InChI is InChI=1S/C27H17F3N4O/c28-27(29,30)25-23(26(35)34(32-25)21-6-2-1-3-7-21)14-20-17-33(24-9-5-4-8-22(20)24)16-19-12-10-18(15-31)11-13-19/h1-14,17H,16H2/b23-14-. The third kappa shape index (κ3) is 4.20. The van der Waals surface area contributed by atoms with Crippen molar-refractivity contribution in [3.05, 3.63) is 107 Å². The molecule has 172 valence electrons. The van der Waals surface area contributed by atoms with Crippen LogP contribution in [-0.2, 0) is 11.3 Å². The Morgan fingerprint density at radius 1 is 0.943 bits per heavy atom. The summed E-state index contributed by atoms with van der Waals surface area (Å²) >= 11 is 0. The van der Waals surface area contributed by atoms with Gasteiger partial charge in [-0.15, -0.1) is 0 Å². The Labute approximate surface area is 198 Å². The number of aromatic nitrogens is 1. The van der Waals surface area contributed by atoms with Crippen LogP contribution in [0.25, 0.3) is 17.0 Å². The topological polar surface area (TPSA) is 61.4 Å². The van der Waals surface area contributed by atoms with E-state index >= 15 is 0 Å². The lowest BCUT2D eigenvalue weighted by atomic mass is 10.1. The van der Waals surface area contributed by atoms with Gasteiger partial charge in [-0.3, -0.25) is 4.79 Å². The molecule has 0 spiro atoms. The summed E-state index contributed by atoms with van der Waals surface area (Å²) in [5, 5.41) is 14.1. The van der Waals surface area contributed by atoms with Gasteiger partial charge in [-0.2, -0.15) is 28.5 Å². The lowest BCUT2D eigenvalue weighted by molar-refractivity contribution is -0.114. The highest BCUT2D eigenvalue weighted by atomic mass is 19.4. The minimum Gasteiger partial charge on any atom is -0.342 e. The molecule has 0 N–H and O–H groups in total. The highest BCUT2D eigenvalue weighted by Crippen LogP contribution is 2.34. The number of halogens is 3. The fraction of sp³-hybridized carbons (Fsp3) is 0.0741. The molecule has 0 atom stereocenters. The van der Waals surface area contributed by atoms with Gasteiger partial charge in [0.2, 0.25) is 0 Å². The number of benzene rings is 3. The van der Waals surface area contributed by atoms with Crippen LogP contribution < -0.4 is 5.01 Å². The van der Waals surface area contributed by atoms with E-state index in [0.717, 1.165) is 16.1 Å². The van der Waals surface area contributed by atoms with E-state index in [1.165, 1.54) is 18.2 Å². The molecule has 0 unspecified atom stereocenters. The van der Waals surface area contributed by atoms with Gasteiger partial charge in [-0.05, 0) is 42.0 Å².